The minimum Gasteiger partial charge on any atom is -0.469 e. The predicted molar refractivity (Wildman–Crippen MR) is 69.1 cm³/mol. The third-order valence-electron chi connectivity index (χ3n) is 3.14. The Morgan fingerprint density at radius 3 is 2.10 bits per heavy atom. The van der Waals surface area contributed by atoms with Crippen LogP contribution >= 0.6 is 0 Å². The number of hydrogen-bond acceptors (Lipinski definition) is 3. The summed E-state index contributed by atoms with van der Waals surface area (Å²) >= 11 is 0. The average molecular weight is 289 g/mol. The summed E-state index contributed by atoms with van der Waals surface area (Å²) in [6.45, 7) is 3.44. The Kier molecular flexibility index (Phi) is 4.81. The Hall–Kier alpha value is -1.56. The molecule has 0 aliphatic carbocycles. The Labute approximate surface area is 115 Å². The Bertz CT molecular complexity index is 461. The van der Waals surface area contributed by atoms with E-state index in [4.69, 9.17) is 5.73 Å². The van der Waals surface area contributed by atoms with Gasteiger partial charge in [-0.1, -0.05) is 12.1 Å². The first-order chi connectivity index (χ1) is 9.05. The molecule has 0 radical (unpaired) electrons. The number of benzene rings is 1. The smallest absolute Gasteiger partial charge is 0.416 e. The zero-order valence-corrected chi connectivity index (χ0v) is 11.6. The number of ether oxygens (including phenoxy) is 1. The minimum atomic E-state index is -4.38. The summed E-state index contributed by atoms with van der Waals surface area (Å²) in [6.07, 6.45) is -4.36. The third kappa shape index (κ3) is 4.23. The molecule has 0 saturated heterocycles. The molecule has 1 atom stereocenters. The normalized spacial score (nSPS) is 13.9. The number of carbonyl (C=O) groups excluding carboxylic acids is 1. The first kappa shape index (κ1) is 16.5. The number of halogens is 3. The molecule has 112 valence electrons. The van der Waals surface area contributed by atoms with E-state index in [0.717, 1.165) is 12.1 Å². The third-order valence-corrected chi connectivity index (χ3v) is 3.14. The van der Waals surface area contributed by atoms with E-state index in [-0.39, 0.29) is 6.42 Å². The number of rotatable bonds is 4. The summed E-state index contributed by atoms with van der Waals surface area (Å²) in [7, 11) is 1.26. The lowest BCUT2D eigenvalue weighted by molar-refractivity contribution is -0.141. The van der Waals surface area contributed by atoms with E-state index in [1.54, 1.807) is 13.8 Å². The number of carbonyl (C=O) groups is 1. The average Bonchev–Trinajstić information content (AvgIpc) is 2.33. The second kappa shape index (κ2) is 5.83. The lowest BCUT2D eigenvalue weighted by atomic mass is 9.80. The lowest BCUT2D eigenvalue weighted by Gasteiger charge is -2.30. The second-order valence-electron chi connectivity index (χ2n) is 5.27. The van der Waals surface area contributed by atoms with Crippen LogP contribution in [0.1, 0.15) is 37.3 Å². The van der Waals surface area contributed by atoms with Gasteiger partial charge >= 0.3 is 12.1 Å². The van der Waals surface area contributed by atoms with Gasteiger partial charge in [0.15, 0.2) is 0 Å². The molecule has 0 amide bonds. The highest BCUT2D eigenvalue weighted by Gasteiger charge is 2.32. The molecule has 0 heterocycles. The van der Waals surface area contributed by atoms with E-state index >= 15 is 0 Å². The molecule has 0 fully saturated rings. The first-order valence-corrected chi connectivity index (χ1v) is 6.08. The Balaban J connectivity index is 3.06. The summed E-state index contributed by atoms with van der Waals surface area (Å²) < 4.78 is 42.2. The fraction of sp³-hybridized carbons (Fsp3) is 0.500. The zero-order chi connectivity index (χ0) is 15.6. The van der Waals surface area contributed by atoms with Gasteiger partial charge in [0.25, 0.3) is 0 Å². The molecular formula is C14H18F3NO2. The molecule has 0 aliphatic heterocycles. The summed E-state index contributed by atoms with van der Waals surface area (Å²) in [5.41, 5.74) is 5.10. The van der Waals surface area contributed by atoms with Crippen molar-refractivity contribution in [2.24, 2.45) is 5.73 Å². The van der Waals surface area contributed by atoms with Crippen molar-refractivity contribution in [1.82, 2.24) is 0 Å². The molecule has 6 heteroatoms. The monoisotopic (exact) mass is 289 g/mol. The van der Waals surface area contributed by atoms with Gasteiger partial charge in [0.05, 0.1) is 19.1 Å². The van der Waals surface area contributed by atoms with E-state index in [1.165, 1.54) is 19.2 Å². The van der Waals surface area contributed by atoms with E-state index < -0.39 is 29.2 Å². The summed E-state index contributed by atoms with van der Waals surface area (Å²) in [5, 5.41) is 0. The van der Waals surface area contributed by atoms with Crippen molar-refractivity contribution in [3.05, 3.63) is 35.4 Å². The standard InChI is InChI=1S/C14H18F3NO2/c1-13(2,18)11(8-12(19)20-3)9-4-6-10(7-5-9)14(15,16)17/h4-7,11H,8,18H2,1-3H3. The van der Waals surface area contributed by atoms with Crippen molar-refractivity contribution in [2.75, 3.05) is 7.11 Å². The van der Waals surface area contributed by atoms with Gasteiger partial charge in [0.1, 0.15) is 0 Å². The van der Waals surface area contributed by atoms with Crippen molar-refractivity contribution in [3.8, 4) is 0 Å². The highest BCUT2D eigenvalue weighted by molar-refractivity contribution is 5.70. The van der Waals surface area contributed by atoms with Crippen molar-refractivity contribution < 1.29 is 22.7 Å². The minimum absolute atomic E-state index is 0.0192. The maximum absolute atomic E-state index is 12.5. The highest BCUT2D eigenvalue weighted by atomic mass is 19.4. The molecule has 0 aromatic heterocycles. The Morgan fingerprint density at radius 2 is 1.75 bits per heavy atom. The van der Waals surface area contributed by atoms with Crippen LogP contribution in [0.3, 0.4) is 0 Å². The van der Waals surface area contributed by atoms with E-state index in [0.29, 0.717) is 5.56 Å². The first-order valence-electron chi connectivity index (χ1n) is 6.08. The molecule has 0 aliphatic rings. The predicted octanol–water partition coefficient (Wildman–Crippen LogP) is 3.09. The van der Waals surface area contributed by atoms with Crippen LogP contribution in [0.4, 0.5) is 13.2 Å². The SMILES string of the molecule is COC(=O)CC(c1ccc(C(F)(F)F)cc1)C(C)(C)N. The van der Waals surface area contributed by atoms with E-state index in [1.807, 2.05) is 0 Å². The van der Waals surface area contributed by atoms with Gasteiger partial charge < -0.3 is 10.5 Å². The van der Waals surface area contributed by atoms with Crippen LogP contribution in [0.5, 0.6) is 0 Å². The number of hydrogen-bond donors (Lipinski definition) is 1. The van der Waals surface area contributed by atoms with Gasteiger partial charge in [0.2, 0.25) is 0 Å². The molecule has 20 heavy (non-hydrogen) atoms. The van der Waals surface area contributed by atoms with Crippen molar-refractivity contribution in [1.29, 1.82) is 0 Å². The quantitative estimate of drug-likeness (QED) is 0.867. The van der Waals surface area contributed by atoms with Gasteiger partial charge in [-0.3, -0.25) is 4.79 Å². The topological polar surface area (TPSA) is 52.3 Å². The second-order valence-corrected chi connectivity index (χ2v) is 5.27. The maximum Gasteiger partial charge on any atom is 0.416 e. The van der Waals surface area contributed by atoms with Crippen LogP contribution in [-0.4, -0.2) is 18.6 Å². The summed E-state index contributed by atoms with van der Waals surface area (Å²) in [4.78, 5) is 11.4. The van der Waals surface area contributed by atoms with E-state index in [2.05, 4.69) is 4.74 Å². The molecular weight excluding hydrogens is 271 g/mol. The zero-order valence-electron chi connectivity index (χ0n) is 11.6. The van der Waals surface area contributed by atoms with Crippen LogP contribution in [0.25, 0.3) is 0 Å². The molecule has 1 unspecified atom stereocenters. The molecule has 0 spiro atoms. The molecule has 1 rings (SSSR count). The van der Waals surface area contributed by atoms with Crippen molar-refractivity contribution >= 4 is 5.97 Å². The van der Waals surface area contributed by atoms with Gasteiger partial charge in [-0.15, -0.1) is 0 Å². The van der Waals surface area contributed by atoms with Gasteiger partial charge in [-0.2, -0.15) is 13.2 Å². The van der Waals surface area contributed by atoms with Crippen LogP contribution in [0.2, 0.25) is 0 Å². The summed E-state index contributed by atoms with van der Waals surface area (Å²) in [5.74, 6) is -0.870. The molecule has 2 N–H and O–H groups in total. The van der Waals surface area contributed by atoms with Gasteiger partial charge in [-0.25, -0.2) is 0 Å². The maximum atomic E-state index is 12.5. The van der Waals surface area contributed by atoms with Gasteiger partial charge in [0, 0.05) is 11.5 Å². The van der Waals surface area contributed by atoms with Crippen LogP contribution in [0, 0.1) is 0 Å². The van der Waals surface area contributed by atoms with Crippen LogP contribution in [0.15, 0.2) is 24.3 Å². The molecule has 0 bridgehead atoms. The molecule has 3 nitrogen and oxygen atoms in total. The van der Waals surface area contributed by atoms with Crippen LogP contribution in [-0.2, 0) is 15.7 Å². The molecule has 1 aromatic rings. The van der Waals surface area contributed by atoms with Crippen molar-refractivity contribution in [2.45, 2.75) is 37.9 Å². The Morgan fingerprint density at radius 1 is 1.25 bits per heavy atom. The van der Waals surface area contributed by atoms with Gasteiger partial charge in [-0.05, 0) is 31.5 Å². The van der Waals surface area contributed by atoms with Crippen molar-refractivity contribution in [3.63, 3.8) is 0 Å². The van der Waals surface area contributed by atoms with E-state index in [9.17, 15) is 18.0 Å². The lowest BCUT2D eigenvalue weighted by Crippen LogP contribution is -2.40. The number of esters is 1. The number of alkyl halides is 3. The fourth-order valence-corrected chi connectivity index (χ4v) is 1.96. The highest BCUT2D eigenvalue weighted by Crippen LogP contribution is 2.33. The van der Waals surface area contributed by atoms with Crippen LogP contribution < -0.4 is 5.73 Å². The number of nitrogens with two attached hydrogens (primary N) is 1. The largest absolute Gasteiger partial charge is 0.469 e. The number of methoxy groups -OCH3 is 1. The summed E-state index contributed by atoms with van der Waals surface area (Å²) in [6, 6.07) is 4.69. The molecule has 0 saturated carbocycles. The fourth-order valence-electron chi connectivity index (χ4n) is 1.96. The molecule has 1 aromatic carbocycles.